The Bertz CT molecular complexity index is 397. The van der Waals surface area contributed by atoms with Crippen molar-refractivity contribution in [3.05, 3.63) is 0 Å². The number of nitrogens with zero attached hydrogens (tertiary/aromatic N) is 1. The zero-order chi connectivity index (χ0) is 17.0. The van der Waals surface area contributed by atoms with Gasteiger partial charge < -0.3 is 24.2 Å². The predicted octanol–water partition coefficient (Wildman–Crippen LogP) is 1.89. The number of likely N-dealkylation sites (tertiary alicyclic amines) is 1. The molecule has 128 valence electrons. The molecule has 1 saturated heterocycles. The first kappa shape index (κ1) is 18.7. The summed E-state index contributed by atoms with van der Waals surface area (Å²) in [6.45, 7) is 10.5. The maximum absolute atomic E-state index is 11.9. The summed E-state index contributed by atoms with van der Waals surface area (Å²) in [7, 11) is 0. The highest BCUT2D eigenvalue weighted by atomic mass is 16.6. The molecule has 1 amide bonds. The third-order valence-corrected chi connectivity index (χ3v) is 3.09. The number of carboxylic acid groups (broad SMARTS) is 1. The number of carbonyl (C=O) groups excluding carboxylic acids is 1. The van der Waals surface area contributed by atoms with Gasteiger partial charge in [0.1, 0.15) is 11.2 Å². The summed E-state index contributed by atoms with van der Waals surface area (Å²) in [5, 5.41) is 9.07. The summed E-state index contributed by atoms with van der Waals surface area (Å²) in [6.07, 6.45) is -0.836. The second-order valence-electron chi connectivity index (χ2n) is 6.68. The molecular formula is C15H27NO6. The molecular weight excluding hydrogens is 290 g/mol. The van der Waals surface area contributed by atoms with Gasteiger partial charge in [0.05, 0.1) is 32.2 Å². The summed E-state index contributed by atoms with van der Waals surface area (Å²) >= 11 is 0. The lowest BCUT2D eigenvalue weighted by Gasteiger charge is -2.49. The molecule has 1 unspecified atom stereocenters. The van der Waals surface area contributed by atoms with Gasteiger partial charge in [0.25, 0.3) is 0 Å². The third kappa shape index (κ3) is 5.81. The fourth-order valence-electron chi connectivity index (χ4n) is 2.35. The number of amides is 1. The second-order valence-corrected chi connectivity index (χ2v) is 6.68. The first-order chi connectivity index (χ1) is 10.1. The van der Waals surface area contributed by atoms with Crippen molar-refractivity contribution < 1.29 is 28.9 Å². The molecule has 1 N–H and O–H groups in total. The van der Waals surface area contributed by atoms with E-state index in [1.165, 1.54) is 4.90 Å². The van der Waals surface area contributed by atoms with Crippen LogP contribution in [0.15, 0.2) is 0 Å². The van der Waals surface area contributed by atoms with Crippen molar-refractivity contribution in [3.63, 3.8) is 0 Å². The molecule has 1 heterocycles. The Morgan fingerprint density at radius 1 is 1.32 bits per heavy atom. The Morgan fingerprint density at radius 2 is 1.91 bits per heavy atom. The van der Waals surface area contributed by atoms with Crippen LogP contribution in [0.25, 0.3) is 0 Å². The van der Waals surface area contributed by atoms with Crippen LogP contribution in [0.3, 0.4) is 0 Å². The highest BCUT2D eigenvalue weighted by Gasteiger charge is 2.49. The fraction of sp³-hybridized carbons (Fsp3) is 0.867. The maximum Gasteiger partial charge on any atom is 0.410 e. The quantitative estimate of drug-likeness (QED) is 0.772. The molecule has 1 rings (SSSR count). The molecule has 0 spiro atoms. The molecule has 0 aliphatic carbocycles. The number of hydrogen-bond donors (Lipinski definition) is 1. The van der Waals surface area contributed by atoms with E-state index in [-0.39, 0.29) is 25.6 Å². The molecule has 0 aromatic heterocycles. The van der Waals surface area contributed by atoms with Crippen LogP contribution in [0.1, 0.15) is 41.0 Å². The zero-order valence-corrected chi connectivity index (χ0v) is 14.0. The van der Waals surface area contributed by atoms with Gasteiger partial charge in [-0.2, -0.15) is 0 Å². The van der Waals surface area contributed by atoms with Crippen molar-refractivity contribution in [1.82, 2.24) is 4.90 Å². The SMILES string of the molecule is CCOCC(C)OC1(CC(=O)O)CN(C(=O)OC(C)(C)C)C1. The van der Waals surface area contributed by atoms with Crippen molar-refractivity contribution in [1.29, 1.82) is 0 Å². The molecule has 7 nitrogen and oxygen atoms in total. The standard InChI is InChI=1S/C15H27NO6/c1-6-20-8-11(2)21-15(7-12(17)18)9-16(10-15)13(19)22-14(3,4)5/h11H,6-10H2,1-5H3,(H,17,18). The van der Waals surface area contributed by atoms with Crippen LogP contribution in [-0.2, 0) is 19.0 Å². The van der Waals surface area contributed by atoms with E-state index in [4.69, 9.17) is 19.3 Å². The average Bonchev–Trinajstić information content (AvgIpc) is 2.29. The van der Waals surface area contributed by atoms with Crippen LogP contribution in [0.5, 0.6) is 0 Å². The fourth-order valence-corrected chi connectivity index (χ4v) is 2.35. The number of carbonyl (C=O) groups is 2. The molecule has 1 aliphatic rings. The minimum atomic E-state index is -0.951. The van der Waals surface area contributed by atoms with E-state index in [0.717, 1.165) is 0 Å². The van der Waals surface area contributed by atoms with Gasteiger partial charge in [-0.05, 0) is 34.6 Å². The highest BCUT2D eigenvalue weighted by molar-refractivity contribution is 5.72. The number of aliphatic carboxylic acids is 1. The molecule has 0 saturated carbocycles. The third-order valence-electron chi connectivity index (χ3n) is 3.09. The van der Waals surface area contributed by atoms with Gasteiger partial charge in [-0.25, -0.2) is 4.79 Å². The molecule has 1 aliphatic heterocycles. The van der Waals surface area contributed by atoms with E-state index >= 15 is 0 Å². The van der Waals surface area contributed by atoms with Crippen LogP contribution >= 0.6 is 0 Å². The Balaban J connectivity index is 2.59. The van der Waals surface area contributed by atoms with Crippen LogP contribution in [0, 0.1) is 0 Å². The molecule has 7 heteroatoms. The van der Waals surface area contributed by atoms with Crippen molar-refractivity contribution >= 4 is 12.1 Å². The van der Waals surface area contributed by atoms with Gasteiger partial charge in [0, 0.05) is 6.61 Å². The largest absolute Gasteiger partial charge is 0.481 e. The lowest BCUT2D eigenvalue weighted by Crippen LogP contribution is -2.66. The summed E-state index contributed by atoms with van der Waals surface area (Å²) in [5.74, 6) is -0.951. The van der Waals surface area contributed by atoms with Gasteiger partial charge in [-0.1, -0.05) is 0 Å². The van der Waals surface area contributed by atoms with Crippen molar-refractivity contribution in [3.8, 4) is 0 Å². The molecule has 1 atom stereocenters. The van der Waals surface area contributed by atoms with Crippen molar-refractivity contribution in [2.45, 2.75) is 58.3 Å². The Kier molecular flexibility index (Phi) is 6.19. The molecule has 1 fully saturated rings. The molecule has 0 bridgehead atoms. The lowest BCUT2D eigenvalue weighted by atomic mass is 9.90. The normalized spacial score (nSPS) is 18.5. The van der Waals surface area contributed by atoms with E-state index in [2.05, 4.69) is 0 Å². The van der Waals surface area contributed by atoms with Gasteiger partial charge in [0.2, 0.25) is 0 Å². The summed E-state index contributed by atoms with van der Waals surface area (Å²) in [4.78, 5) is 24.5. The van der Waals surface area contributed by atoms with Gasteiger partial charge in [-0.3, -0.25) is 4.79 Å². The van der Waals surface area contributed by atoms with E-state index in [1.807, 2.05) is 13.8 Å². The number of ether oxygens (including phenoxy) is 3. The highest BCUT2D eigenvalue weighted by Crippen LogP contribution is 2.31. The predicted molar refractivity (Wildman–Crippen MR) is 79.8 cm³/mol. The summed E-state index contributed by atoms with van der Waals surface area (Å²) < 4.78 is 16.4. The van der Waals surface area contributed by atoms with E-state index < -0.39 is 23.3 Å². The zero-order valence-electron chi connectivity index (χ0n) is 14.0. The smallest absolute Gasteiger partial charge is 0.410 e. The van der Waals surface area contributed by atoms with Crippen molar-refractivity contribution in [2.24, 2.45) is 0 Å². The Labute approximate surface area is 131 Å². The monoisotopic (exact) mass is 317 g/mol. The van der Waals surface area contributed by atoms with Crippen LogP contribution in [0.2, 0.25) is 0 Å². The minimum absolute atomic E-state index is 0.150. The van der Waals surface area contributed by atoms with Gasteiger partial charge >= 0.3 is 12.1 Å². The Hall–Kier alpha value is -1.34. The number of carboxylic acids is 1. The topological polar surface area (TPSA) is 85.3 Å². The summed E-state index contributed by atoms with van der Waals surface area (Å²) in [5.41, 5.74) is -1.44. The number of rotatable bonds is 7. The van der Waals surface area contributed by atoms with E-state index in [0.29, 0.717) is 13.2 Å². The molecule has 0 aromatic rings. The van der Waals surface area contributed by atoms with Crippen LogP contribution in [-0.4, -0.2) is 65.7 Å². The first-order valence-corrected chi connectivity index (χ1v) is 7.52. The van der Waals surface area contributed by atoms with Gasteiger partial charge in [0.15, 0.2) is 0 Å². The van der Waals surface area contributed by atoms with E-state index in [1.54, 1.807) is 20.8 Å². The van der Waals surface area contributed by atoms with Gasteiger partial charge in [-0.15, -0.1) is 0 Å². The molecule has 0 radical (unpaired) electrons. The molecule has 22 heavy (non-hydrogen) atoms. The van der Waals surface area contributed by atoms with Crippen LogP contribution < -0.4 is 0 Å². The minimum Gasteiger partial charge on any atom is -0.481 e. The average molecular weight is 317 g/mol. The van der Waals surface area contributed by atoms with Crippen molar-refractivity contribution in [2.75, 3.05) is 26.3 Å². The lowest BCUT2D eigenvalue weighted by molar-refractivity contribution is -0.188. The van der Waals surface area contributed by atoms with E-state index in [9.17, 15) is 9.59 Å². The Morgan fingerprint density at radius 3 is 2.36 bits per heavy atom. The molecule has 0 aromatic carbocycles. The number of hydrogen-bond acceptors (Lipinski definition) is 5. The summed E-state index contributed by atoms with van der Waals surface area (Å²) in [6, 6.07) is 0. The maximum atomic E-state index is 11.9. The second kappa shape index (κ2) is 7.28. The van der Waals surface area contributed by atoms with Crippen LogP contribution in [0.4, 0.5) is 4.79 Å². The first-order valence-electron chi connectivity index (χ1n) is 7.52.